The molecule has 2 aromatic rings. The van der Waals surface area contributed by atoms with Gasteiger partial charge < -0.3 is 14.4 Å². The highest BCUT2D eigenvalue weighted by Crippen LogP contribution is 2.29. The average molecular weight is 453 g/mol. The van der Waals surface area contributed by atoms with Crippen LogP contribution in [0.3, 0.4) is 0 Å². The summed E-state index contributed by atoms with van der Waals surface area (Å²) in [6.07, 6.45) is 1.81. The van der Waals surface area contributed by atoms with Gasteiger partial charge in [0.1, 0.15) is 5.75 Å². The van der Waals surface area contributed by atoms with Crippen LogP contribution in [0.25, 0.3) is 0 Å². The maximum absolute atomic E-state index is 12.9. The van der Waals surface area contributed by atoms with Gasteiger partial charge in [-0.2, -0.15) is 0 Å². The number of halogens is 1. The van der Waals surface area contributed by atoms with Crippen molar-refractivity contribution in [3.8, 4) is 5.75 Å². The van der Waals surface area contributed by atoms with Crippen LogP contribution in [0, 0.1) is 0 Å². The smallest absolute Gasteiger partial charge is 0.337 e. The van der Waals surface area contributed by atoms with Crippen LogP contribution < -0.4 is 9.46 Å². The lowest BCUT2D eigenvalue weighted by Crippen LogP contribution is -2.28. The second-order valence-electron chi connectivity index (χ2n) is 6.65. The summed E-state index contributed by atoms with van der Waals surface area (Å²) in [5.41, 5.74) is 0.318. The van der Waals surface area contributed by atoms with E-state index in [2.05, 4.69) is 9.46 Å². The zero-order valence-corrected chi connectivity index (χ0v) is 18.0. The minimum Gasteiger partial charge on any atom is -0.496 e. The number of carbonyl (C=O) groups is 2. The van der Waals surface area contributed by atoms with E-state index in [1.54, 1.807) is 4.90 Å². The van der Waals surface area contributed by atoms with Crippen molar-refractivity contribution >= 4 is 39.2 Å². The number of hydrogen-bond acceptors (Lipinski definition) is 6. The van der Waals surface area contributed by atoms with Gasteiger partial charge in [-0.15, -0.1) is 0 Å². The van der Waals surface area contributed by atoms with Gasteiger partial charge in [-0.3, -0.25) is 9.52 Å². The number of carbonyl (C=O) groups excluding carboxylic acids is 2. The highest BCUT2D eigenvalue weighted by atomic mass is 35.5. The second-order valence-corrected chi connectivity index (χ2v) is 8.74. The van der Waals surface area contributed by atoms with Crippen LogP contribution in [0.4, 0.5) is 5.69 Å². The lowest BCUT2D eigenvalue weighted by molar-refractivity contribution is 0.0600. The van der Waals surface area contributed by atoms with Crippen molar-refractivity contribution in [3.63, 3.8) is 0 Å². The Balaban J connectivity index is 1.96. The van der Waals surface area contributed by atoms with E-state index < -0.39 is 16.0 Å². The third-order valence-electron chi connectivity index (χ3n) is 4.74. The SMILES string of the molecule is COC(=O)c1ccc(Cl)c(NS(=O)(=O)c2ccc(OC)c(C(=O)N3CCCC3)c2)c1. The number of anilines is 1. The summed E-state index contributed by atoms with van der Waals surface area (Å²) in [6, 6.07) is 8.14. The number of benzene rings is 2. The third-order valence-corrected chi connectivity index (χ3v) is 6.43. The molecule has 1 aliphatic heterocycles. The van der Waals surface area contributed by atoms with Crippen molar-refractivity contribution in [2.45, 2.75) is 17.7 Å². The first-order valence-corrected chi connectivity index (χ1v) is 11.0. The topological polar surface area (TPSA) is 102 Å². The normalized spacial score (nSPS) is 13.8. The number of sulfonamides is 1. The Morgan fingerprint density at radius 3 is 2.40 bits per heavy atom. The molecule has 0 aliphatic carbocycles. The van der Waals surface area contributed by atoms with Gasteiger partial charge in [0, 0.05) is 13.1 Å². The zero-order valence-electron chi connectivity index (χ0n) is 16.5. The number of amides is 1. The highest BCUT2D eigenvalue weighted by Gasteiger charge is 2.25. The van der Waals surface area contributed by atoms with E-state index in [0.717, 1.165) is 12.8 Å². The molecule has 0 bridgehead atoms. The first-order valence-electron chi connectivity index (χ1n) is 9.15. The summed E-state index contributed by atoms with van der Waals surface area (Å²) in [5.74, 6) is -0.626. The van der Waals surface area contributed by atoms with Crippen LogP contribution in [0.15, 0.2) is 41.3 Å². The predicted molar refractivity (Wildman–Crippen MR) is 112 cm³/mol. The van der Waals surface area contributed by atoms with Crippen molar-refractivity contribution in [1.82, 2.24) is 4.90 Å². The van der Waals surface area contributed by atoms with E-state index in [0.29, 0.717) is 13.1 Å². The largest absolute Gasteiger partial charge is 0.496 e. The first-order chi connectivity index (χ1) is 14.3. The van der Waals surface area contributed by atoms with Crippen molar-refractivity contribution in [3.05, 3.63) is 52.5 Å². The maximum atomic E-state index is 12.9. The Morgan fingerprint density at radius 2 is 1.77 bits per heavy atom. The van der Waals surface area contributed by atoms with E-state index in [-0.39, 0.29) is 38.4 Å². The number of hydrogen-bond donors (Lipinski definition) is 1. The van der Waals surface area contributed by atoms with Gasteiger partial charge in [-0.05, 0) is 49.2 Å². The molecule has 0 saturated carbocycles. The van der Waals surface area contributed by atoms with Crippen molar-refractivity contribution in [2.24, 2.45) is 0 Å². The fourth-order valence-corrected chi connectivity index (χ4v) is 4.48. The molecular weight excluding hydrogens is 432 g/mol. The molecule has 1 fully saturated rings. The van der Waals surface area contributed by atoms with Crippen LogP contribution in [-0.4, -0.2) is 52.5 Å². The van der Waals surface area contributed by atoms with Gasteiger partial charge in [0.15, 0.2) is 0 Å². The zero-order chi connectivity index (χ0) is 21.9. The number of methoxy groups -OCH3 is 2. The molecule has 1 saturated heterocycles. The standard InChI is InChI=1S/C20H21ClN2O6S/c1-28-18-8-6-14(12-15(18)19(24)23-9-3-4-10-23)30(26,27)22-17-11-13(20(25)29-2)5-7-16(17)21/h5-8,11-12,22H,3-4,9-10H2,1-2H3. The Morgan fingerprint density at radius 1 is 1.07 bits per heavy atom. The monoisotopic (exact) mass is 452 g/mol. The summed E-state index contributed by atoms with van der Waals surface area (Å²) >= 11 is 6.09. The van der Waals surface area contributed by atoms with Crippen molar-refractivity contribution in [2.75, 3.05) is 32.0 Å². The van der Waals surface area contributed by atoms with Gasteiger partial charge in [0.25, 0.3) is 15.9 Å². The molecule has 30 heavy (non-hydrogen) atoms. The summed E-state index contributed by atoms with van der Waals surface area (Å²) in [4.78, 5) is 26.1. The Kier molecular flexibility index (Phi) is 6.52. The van der Waals surface area contributed by atoms with E-state index >= 15 is 0 Å². The van der Waals surface area contributed by atoms with E-state index in [1.165, 1.54) is 50.6 Å². The van der Waals surface area contributed by atoms with E-state index in [9.17, 15) is 18.0 Å². The molecule has 2 aromatic carbocycles. The molecule has 10 heteroatoms. The molecule has 0 atom stereocenters. The molecule has 1 aliphatic rings. The number of nitrogens with zero attached hydrogens (tertiary/aromatic N) is 1. The molecule has 0 spiro atoms. The van der Waals surface area contributed by atoms with Gasteiger partial charge in [-0.25, -0.2) is 13.2 Å². The van der Waals surface area contributed by atoms with Crippen LogP contribution in [-0.2, 0) is 14.8 Å². The molecule has 160 valence electrons. The van der Waals surface area contributed by atoms with Gasteiger partial charge >= 0.3 is 5.97 Å². The summed E-state index contributed by atoms with van der Waals surface area (Å²) in [5, 5.41) is 0.105. The minimum atomic E-state index is -4.10. The van der Waals surface area contributed by atoms with Gasteiger partial charge in [0.2, 0.25) is 0 Å². The highest BCUT2D eigenvalue weighted by molar-refractivity contribution is 7.92. The number of likely N-dealkylation sites (tertiary alicyclic amines) is 1. The fraction of sp³-hybridized carbons (Fsp3) is 0.300. The quantitative estimate of drug-likeness (QED) is 0.675. The average Bonchev–Trinajstić information content (AvgIpc) is 3.28. The minimum absolute atomic E-state index is 0.0165. The molecule has 0 radical (unpaired) electrons. The molecule has 1 amide bonds. The lowest BCUT2D eigenvalue weighted by Gasteiger charge is -2.18. The van der Waals surface area contributed by atoms with Crippen LogP contribution in [0.2, 0.25) is 5.02 Å². The molecular formula is C20H21ClN2O6S. The number of rotatable bonds is 6. The van der Waals surface area contributed by atoms with Crippen molar-refractivity contribution in [1.29, 1.82) is 0 Å². The van der Waals surface area contributed by atoms with Gasteiger partial charge in [0.05, 0.1) is 41.0 Å². The number of esters is 1. The molecule has 3 rings (SSSR count). The first kappa shape index (κ1) is 21.9. The van der Waals surface area contributed by atoms with Crippen LogP contribution in [0.1, 0.15) is 33.6 Å². The van der Waals surface area contributed by atoms with E-state index in [1.807, 2.05) is 0 Å². The predicted octanol–water partition coefficient (Wildman–Crippen LogP) is 3.17. The summed E-state index contributed by atoms with van der Waals surface area (Å²) in [6.45, 7) is 1.24. The second kappa shape index (κ2) is 8.93. The Hall–Kier alpha value is -2.78. The fourth-order valence-electron chi connectivity index (χ4n) is 3.16. The number of nitrogens with one attached hydrogen (secondary N) is 1. The number of ether oxygens (including phenoxy) is 2. The maximum Gasteiger partial charge on any atom is 0.337 e. The molecule has 0 unspecified atom stereocenters. The van der Waals surface area contributed by atoms with E-state index in [4.69, 9.17) is 16.3 Å². The van der Waals surface area contributed by atoms with Gasteiger partial charge in [-0.1, -0.05) is 11.6 Å². The summed E-state index contributed by atoms with van der Waals surface area (Å²) in [7, 11) is -1.47. The molecule has 1 heterocycles. The Bertz CT molecular complexity index is 1080. The molecule has 8 nitrogen and oxygen atoms in total. The third kappa shape index (κ3) is 4.52. The van der Waals surface area contributed by atoms with Crippen LogP contribution in [0.5, 0.6) is 5.75 Å². The lowest BCUT2D eigenvalue weighted by atomic mass is 10.1. The molecule has 0 aromatic heterocycles. The van der Waals surface area contributed by atoms with Crippen molar-refractivity contribution < 1.29 is 27.5 Å². The van der Waals surface area contributed by atoms with Crippen LogP contribution >= 0.6 is 11.6 Å². The molecule has 1 N–H and O–H groups in total. The Labute approximate surface area is 179 Å². The summed E-state index contributed by atoms with van der Waals surface area (Å²) < 4.78 is 38.2.